The predicted octanol–water partition coefficient (Wildman–Crippen LogP) is 3.53. The Bertz CT molecular complexity index is 1080. The Labute approximate surface area is 168 Å². The van der Waals surface area contributed by atoms with Crippen molar-refractivity contribution in [2.24, 2.45) is 4.99 Å². The third kappa shape index (κ3) is 4.20. The number of nitrogens with one attached hydrogen (secondary N) is 3. The number of nitrogens with zero attached hydrogens (tertiary/aromatic N) is 2. The first-order valence-electron chi connectivity index (χ1n) is 9.45. The number of aromatic amines is 1. The van der Waals surface area contributed by atoms with Crippen molar-refractivity contribution < 1.29 is 4.74 Å². The van der Waals surface area contributed by atoms with E-state index in [0.717, 1.165) is 22.4 Å². The molecule has 1 unspecified atom stereocenters. The number of aryl methyl sites for hydroxylation is 1. The molecule has 3 heterocycles. The van der Waals surface area contributed by atoms with Crippen LogP contribution in [0, 0.1) is 6.92 Å². The minimum atomic E-state index is -0.950. The average molecular weight is 389 g/mol. The summed E-state index contributed by atoms with van der Waals surface area (Å²) in [4.78, 5) is 23.9. The van der Waals surface area contributed by atoms with E-state index in [9.17, 15) is 4.79 Å². The van der Waals surface area contributed by atoms with Crippen LogP contribution >= 0.6 is 0 Å². The number of hydrogen-bond donors (Lipinski definition) is 3. The molecule has 0 spiro atoms. The number of ether oxygens (including phenoxy) is 1. The lowest BCUT2D eigenvalue weighted by atomic mass is 10.0. The number of hydrogen-bond acceptors (Lipinski definition) is 6. The summed E-state index contributed by atoms with van der Waals surface area (Å²) < 4.78 is 6.22. The second-order valence-electron chi connectivity index (χ2n) is 7.12. The number of benzene rings is 1. The van der Waals surface area contributed by atoms with Gasteiger partial charge in [-0.2, -0.15) is 0 Å². The van der Waals surface area contributed by atoms with Gasteiger partial charge < -0.3 is 20.4 Å². The third-order valence-electron chi connectivity index (χ3n) is 4.84. The Morgan fingerprint density at radius 1 is 1.14 bits per heavy atom. The van der Waals surface area contributed by atoms with Crippen molar-refractivity contribution in [2.75, 3.05) is 10.6 Å². The maximum atomic E-state index is 12.2. The van der Waals surface area contributed by atoms with Crippen LogP contribution in [0.3, 0.4) is 0 Å². The van der Waals surface area contributed by atoms with Crippen molar-refractivity contribution >= 4 is 17.8 Å². The van der Waals surface area contributed by atoms with Gasteiger partial charge in [-0.15, -0.1) is 0 Å². The van der Waals surface area contributed by atoms with Crippen LogP contribution in [0.2, 0.25) is 0 Å². The van der Waals surface area contributed by atoms with Gasteiger partial charge in [0.1, 0.15) is 5.82 Å². The van der Waals surface area contributed by atoms with Crippen molar-refractivity contribution in [3.63, 3.8) is 0 Å². The van der Waals surface area contributed by atoms with Gasteiger partial charge in [0.2, 0.25) is 0 Å². The summed E-state index contributed by atoms with van der Waals surface area (Å²) >= 11 is 0. The van der Waals surface area contributed by atoms with E-state index in [1.807, 2.05) is 62.5 Å². The summed E-state index contributed by atoms with van der Waals surface area (Å²) in [6, 6.07) is 15.4. The summed E-state index contributed by atoms with van der Waals surface area (Å²) in [5.41, 5.74) is 3.30. The number of aliphatic imine (C=N–C) groups is 1. The van der Waals surface area contributed by atoms with Crippen LogP contribution in [0.4, 0.5) is 11.5 Å². The molecule has 1 atom stereocenters. The van der Waals surface area contributed by atoms with Crippen molar-refractivity contribution in [1.82, 2.24) is 9.97 Å². The fraction of sp³-hybridized carbons (Fsp3) is 0.227. The normalized spacial score (nSPS) is 17.4. The minimum Gasteiger partial charge on any atom is -0.380 e. The van der Waals surface area contributed by atoms with Gasteiger partial charge >= 0.3 is 0 Å². The summed E-state index contributed by atoms with van der Waals surface area (Å²) in [6.45, 7) is 4.77. The number of rotatable bonds is 6. The van der Waals surface area contributed by atoms with Crippen molar-refractivity contribution in [1.29, 1.82) is 0 Å². The van der Waals surface area contributed by atoms with Gasteiger partial charge in [0, 0.05) is 24.5 Å². The summed E-state index contributed by atoms with van der Waals surface area (Å²) in [5.74, 6) is 0.576. The molecule has 0 aliphatic carbocycles. The molecule has 148 valence electrons. The van der Waals surface area contributed by atoms with Crippen LogP contribution < -0.4 is 16.2 Å². The van der Waals surface area contributed by atoms with E-state index in [-0.39, 0.29) is 5.56 Å². The van der Waals surface area contributed by atoms with E-state index < -0.39 is 5.72 Å². The van der Waals surface area contributed by atoms with E-state index in [4.69, 9.17) is 4.74 Å². The smallest absolute Gasteiger partial charge is 0.251 e. The monoisotopic (exact) mass is 389 g/mol. The molecular weight excluding hydrogens is 366 g/mol. The van der Waals surface area contributed by atoms with E-state index >= 15 is 0 Å². The molecule has 1 aliphatic rings. The molecule has 4 rings (SSSR count). The van der Waals surface area contributed by atoms with Gasteiger partial charge in [0.25, 0.3) is 5.56 Å². The van der Waals surface area contributed by atoms with E-state index in [2.05, 4.69) is 25.6 Å². The van der Waals surface area contributed by atoms with E-state index in [0.29, 0.717) is 24.7 Å². The molecule has 29 heavy (non-hydrogen) atoms. The highest BCUT2D eigenvalue weighted by Crippen LogP contribution is 2.39. The molecule has 7 heteroatoms. The second-order valence-corrected chi connectivity index (χ2v) is 7.12. The molecule has 0 saturated carbocycles. The zero-order valence-electron chi connectivity index (χ0n) is 16.4. The largest absolute Gasteiger partial charge is 0.380 e. The molecule has 2 aromatic heterocycles. The van der Waals surface area contributed by atoms with Gasteiger partial charge in [-0.25, -0.2) is 4.99 Å². The maximum absolute atomic E-state index is 12.2. The van der Waals surface area contributed by atoms with Crippen LogP contribution in [-0.2, 0) is 23.6 Å². The van der Waals surface area contributed by atoms with Crippen LogP contribution in [-0.4, -0.2) is 16.3 Å². The first-order valence-corrected chi connectivity index (χ1v) is 9.45. The molecule has 0 fully saturated rings. The van der Waals surface area contributed by atoms with Gasteiger partial charge in [-0.05, 0) is 31.0 Å². The van der Waals surface area contributed by atoms with Crippen molar-refractivity contribution in [3.8, 4) is 0 Å². The number of fused-ring (bicyclic) bond motifs is 1. The standard InChI is InChI=1S/C22H23N5O2/c1-15-8-9-17(11-23-15)12-24-18-10-19(28)27-21-20(18)22(2,26-14-25-21)29-13-16-6-4-3-5-7-16/h3-11,14H,12-13H2,1-2H3,(H3,24,25,26,27,28). The first-order chi connectivity index (χ1) is 14.0. The molecule has 3 aromatic rings. The molecule has 3 N–H and O–H groups in total. The summed E-state index contributed by atoms with van der Waals surface area (Å²) in [7, 11) is 0. The molecule has 1 aliphatic heterocycles. The molecule has 0 amide bonds. The predicted molar refractivity (Wildman–Crippen MR) is 114 cm³/mol. The SMILES string of the molecule is Cc1ccc(CNc2cc(=O)[nH]c3c2C(C)(OCc2ccccc2)N=CN3)cn1. The molecule has 7 nitrogen and oxygen atoms in total. The fourth-order valence-corrected chi connectivity index (χ4v) is 3.28. The highest BCUT2D eigenvalue weighted by Gasteiger charge is 2.35. The van der Waals surface area contributed by atoms with Crippen LogP contribution in [0.15, 0.2) is 64.5 Å². The Balaban J connectivity index is 1.62. The number of H-pyrrole nitrogens is 1. The van der Waals surface area contributed by atoms with Crippen LogP contribution in [0.25, 0.3) is 0 Å². The zero-order valence-corrected chi connectivity index (χ0v) is 16.4. The maximum Gasteiger partial charge on any atom is 0.251 e. The van der Waals surface area contributed by atoms with Gasteiger partial charge in [0.15, 0.2) is 5.72 Å². The molecule has 0 bridgehead atoms. The van der Waals surface area contributed by atoms with Crippen molar-refractivity contribution in [2.45, 2.75) is 32.7 Å². The Kier molecular flexibility index (Phi) is 5.14. The van der Waals surface area contributed by atoms with Crippen molar-refractivity contribution in [3.05, 3.63) is 87.5 Å². The molecule has 1 aromatic carbocycles. The molecule has 0 saturated heterocycles. The molecular formula is C22H23N5O2. The first kappa shape index (κ1) is 18.9. The average Bonchev–Trinajstić information content (AvgIpc) is 2.72. The highest BCUT2D eigenvalue weighted by atomic mass is 16.5. The summed E-state index contributed by atoms with van der Waals surface area (Å²) in [6.07, 6.45) is 3.38. The third-order valence-corrected chi connectivity index (χ3v) is 4.84. The van der Waals surface area contributed by atoms with Gasteiger partial charge in [-0.3, -0.25) is 9.78 Å². The topological polar surface area (TPSA) is 91.4 Å². The fourth-order valence-electron chi connectivity index (χ4n) is 3.28. The number of pyridine rings is 2. The van der Waals surface area contributed by atoms with Gasteiger partial charge in [0.05, 0.1) is 24.2 Å². The van der Waals surface area contributed by atoms with Crippen LogP contribution in [0.1, 0.15) is 29.3 Å². The lowest BCUT2D eigenvalue weighted by Gasteiger charge is -2.32. The second kappa shape index (κ2) is 7.89. The number of aromatic nitrogens is 2. The Hall–Kier alpha value is -3.45. The van der Waals surface area contributed by atoms with E-state index in [1.165, 1.54) is 6.07 Å². The Morgan fingerprint density at radius 2 is 1.97 bits per heavy atom. The quantitative estimate of drug-likeness (QED) is 0.600. The lowest BCUT2D eigenvalue weighted by molar-refractivity contribution is -0.0408. The zero-order chi connectivity index (χ0) is 20.3. The Morgan fingerprint density at radius 3 is 2.72 bits per heavy atom. The van der Waals surface area contributed by atoms with E-state index in [1.54, 1.807) is 6.34 Å². The van der Waals surface area contributed by atoms with Crippen LogP contribution in [0.5, 0.6) is 0 Å². The highest BCUT2D eigenvalue weighted by molar-refractivity contribution is 5.82. The van der Waals surface area contributed by atoms with Gasteiger partial charge in [-0.1, -0.05) is 36.4 Å². The summed E-state index contributed by atoms with van der Waals surface area (Å²) in [5, 5.41) is 6.37. The lowest BCUT2D eigenvalue weighted by Crippen LogP contribution is -2.32. The number of anilines is 2. The molecule has 0 radical (unpaired) electrons. The minimum absolute atomic E-state index is 0.207.